The number of aliphatic hydroxyl groups is 1. The van der Waals surface area contributed by atoms with Crippen LogP contribution in [0.3, 0.4) is 0 Å². The van der Waals surface area contributed by atoms with Crippen molar-refractivity contribution >= 4 is 44.9 Å². The molecule has 14 heteroatoms. The first kappa shape index (κ1) is 38.1. The van der Waals surface area contributed by atoms with Crippen LogP contribution in [0.5, 0.6) is 5.75 Å². The number of hydrogen-bond donors (Lipinski definition) is 3. The molecular formula is C35H44ClFN4O7S. The molecular weight excluding hydrogens is 675 g/mol. The average molecular weight is 719 g/mol. The minimum Gasteiger partial charge on any atom is -0.490 e. The van der Waals surface area contributed by atoms with Gasteiger partial charge < -0.3 is 30.1 Å². The topological polar surface area (TPSA) is 138 Å². The monoisotopic (exact) mass is 718 g/mol. The molecule has 3 N–H and O–H groups in total. The Hall–Kier alpha value is -3.75. The van der Waals surface area contributed by atoms with E-state index in [1.165, 1.54) is 70.9 Å². The van der Waals surface area contributed by atoms with E-state index in [0.717, 1.165) is 6.42 Å². The highest BCUT2D eigenvalue weighted by molar-refractivity contribution is 7.89. The third kappa shape index (κ3) is 10.4. The second-order valence-electron chi connectivity index (χ2n) is 12.3. The summed E-state index contributed by atoms with van der Waals surface area (Å²) in [5.74, 6) is -0.928. The summed E-state index contributed by atoms with van der Waals surface area (Å²) in [6, 6.07) is 14.8. The highest BCUT2D eigenvalue weighted by Crippen LogP contribution is 2.29. The van der Waals surface area contributed by atoms with Crippen LogP contribution in [0, 0.1) is 11.7 Å². The molecule has 1 aliphatic rings. The second-order valence-corrected chi connectivity index (χ2v) is 14.8. The number of carbonyl (C=O) groups excluding carboxylic acids is 2. The predicted octanol–water partition coefficient (Wildman–Crippen LogP) is 6.24. The average Bonchev–Trinajstić information content (AvgIpc) is 3.07. The van der Waals surface area contributed by atoms with Gasteiger partial charge in [0.15, 0.2) is 0 Å². The van der Waals surface area contributed by atoms with Gasteiger partial charge >= 0.3 is 6.03 Å². The van der Waals surface area contributed by atoms with Crippen molar-refractivity contribution < 1.29 is 37.0 Å². The molecule has 0 aliphatic carbocycles. The molecule has 3 aromatic carbocycles. The van der Waals surface area contributed by atoms with E-state index in [1.54, 1.807) is 19.1 Å². The molecule has 1 heterocycles. The van der Waals surface area contributed by atoms with Crippen molar-refractivity contribution in [1.29, 1.82) is 0 Å². The molecule has 4 atom stereocenters. The van der Waals surface area contributed by atoms with Gasteiger partial charge in [-0.05, 0) is 99.8 Å². The molecule has 0 bridgehead atoms. The highest BCUT2D eigenvalue weighted by Gasteiger charge is 2.32. The first-order valence-corrected chi connectivity index (χ1v) is 18.0. The van der Waals surface area contributed by atoms with Gasteiger partial charge in [0.2, 0.25) is 10.0 Å². The smallest absolute Gasteiger partial charge is 0.323 e. The van der Waals surface area contributed by atoms with E-state index < -0.39 is 39.9 Å². The predicted molar refractivity (Wildman–Crippen MR) is 187 cm³/mol. The SMILES string of the molecule is C[C@@H]1CCCCO[C@H](CN(C)S(=O)(=O)c2ccc(Cl)cc2)[C@@H](C)CN([C@@H](C)CO)C(=O)c2cc(NC(=O)Nc3ccc(F)cc3)ccc2O1. The van der Waals surface area contributed by atoms with Gasteiger partial charge in [-0.2, -0.15) is 4.31 Å². The Morgan fingerprint density at radius 1 is 1.06 bits per heavy atom. The minimum atomic E-state index is -3.87. The van der Waals surface area contributed by atoms with Gasteiger partial charge in [-0.15, -0.1) is 0 Å². The maximum atomic E-state index is 14.3. The van der Waals surface area contributed by atoms with Gasteiger partial charge in [-0.1, -0.05) is 18.5 Å². The molecule has 3 amide bonds. The van der Waals surface area contributed by atoms with Crippen molar-refractivity contribution in [2.45, 2.75) is 63.2 Å². The zero-order valence-corrected chi connectivity index (χ0v) is 29.6. The van der Waals surface area contributed by atoms with E-state index in [4.69, 9.17) is 21.1 Å². The number of anilines is 2. The molecule has 0 fully saturated rings. The molecule has 1 aliphatic heterocycles. The number of benzene rings is 3. The van der Waals surface area contributed by atoms with Crippen LogP contribution in [0.25, 0.3) is 0 Å². The fraction of sp³-hybridized carbons (Fsp3) is 0.429. The van der Waals surface area contributed by atoms with Gasteiger partial charge in [0, 0.05) is 49.1 Å². The molecule has 0 unspecified atom stereocenters. The summed E-state index contributed by atoms with van der Waals surface area (Å²) in [6.45, 7) is 5.68. The fourth-order valence-electron chi connectivity index (χ4n) is 5.43. The van der Waals surface area contributed by atoms with E-state index >= 15 is 0 Å². The van der Waals surface area contributed by atoms with E-state index in [0.29, 0.717) is 41.6 Å². The van der Waals surface area contributed by atoms with Crippen molar-refractivity contribution in [3.63, 3.8) is 0 Å². The van der Waals surface area contributed by atoms with Gasteiger partial charge in [-0.3, -0.25) is 4.79 Å². The number of nitrogens with zero attached hydrogens (tertiary/aromatic N) is 2. The van der Waals surface area contributed by atoms with Crippen LogP contribution in [-0.4, -0.2) is 86.3 Å². The lowest BCUT2D eigenvalue weighted by Crippen LogP contribution is -2.48. The van der Waals surface area contributed by atoms with Crippen molar-refractivity contribution in [3.05, 3.63) is 83.1 Å². The Balaban J connectivity index is 1.62. The Kier molecular flexibility index (Phi) is 13.4. The molecule has 0 spiro atoms. The lowest BCUT2D eigenvalue weighted by atomic mass is 10.0. The third-order valence-corrected chi connectivity index (χ3v) is 10.5. The molecule has 3 aromatic rings. The summed E-state index contributed by atoms with van der Waals surface area (Å²) in [5, 5.41) is 16.0. The van der Waals surface area contributed by atoms with Crippen LogP contribution in [-0.2, 0) is 14.8 Å². The first-order chi connectivity index (χ1) is 23.3. The largest absolute Gasteiger partial charge is 0.490 e. The van der Waals surface area contributed by atoms with Crippen LogP contribution >= 0.6 is 11.6 Å². The standard InChI is InChI=1S/C35H44ClFN4O7S/c1-23-20-41(24(2)22-42)34(43)31-19-29(39-35(44)38-28-12-10-27(37)11-13-28)14-17-32(31)48-25(3)7-5-6-18-47-33(23)21-40(4)49(45,46)30-15-8-26(36)9-16-30/h8-17,19,23-25,33,42H,5-7,18,20-22H2,1-4H3,(H2,38,39,44)/t23-,24-,25+,33+/m0/s1. The first-order valence-electron chi connectivity index (χ1n) is 16.2. The number of nitrogens with one attached hydrogen (secondary N) is 2. The minimum absolute atomic E-state index is 0.0228. The van der Waals surface area contributed by atoms with Crippen LogP contribution < -0.4 is 15.4 Å². The zero-order valence-electron chi connectivity index (χ0n) is 28.1. The number of hydrogen-bond acceptors (Lipinski definition) is 7. The number of likely N-dealkylation sites (N-methyl/N-ethyl adjacent to an activating group) is 1. The van der Waals surface area contributed by atoms with Crippen molar-refractivity contribution in [2.24, 2.45) is 5.92 Å². The maximum Gasteiger partial charge on any atom is 0.323 e. The van der Waals surface area contributed by atoms with E-state index in [9.17, 15) is 27.5 Å². The normalized spacial score (nSPS) is 20.1. The lowest BCUT2D eigenvalue weighted by Gasteiger charge is -2.35. The highest BCUT2D eigenvalue weighted by atomic mass is 35.5. The summed E-state index contributed by atoms with van der Waals surface area (Å²) in [7, 11) is -2.38. The Morgan fingerprint density at radius 2 is 1.71 bits per heavy atom. The molecule has 266 valence electrons. The molecule has 0 saturated heterocycles. The quantitative estimate of drug-likeness (QED) is 0.251. The van der Waals surface area contributed by atoms with Gasteiger partial charge in [-0.25, -0.2) is 17.6 Å². The number of ether oxygens (including phenoxy) is 2. The van der Waals surface area contributed by atoms with Crippen LogP contribution in [0.4, 0.5) is 20.6 Å². The van der Waals surface area contributed by atoms with E-state index in [1.807, 2.05) is 13.8 Å². The van der Waals surface area contributed by atoms with Crippen molar-refractivity contribution in [3.8, 4) is 5.75 Å². The Morgan fingerprint density at radius 3 is 2.39 bits per heavy atom. The summed E-state index contributed by atoms with van der Waals surface area (Å²) >= 11 is 5.98. The van der Waals surface area contributed by atoms with E-state index in [2.05, 4.69) is 10.6 Å². The van der Waals surface area contributed by atoms with Crippen LogP contribution in [0.2, 0.25) is 5.02 Å². The van der Waals surface area contributed by atoms with Crippen LogP contribution in [0.15, 0.2) is 71.6 Å². The molecule has 11 nitrogen and oxygen atoms in total. The Bertz CT molecular complexity index is 1680. The summed E-state index contributed by atoms with van der Waals surface area (Å²) in [4.78, 5) is 28.7. The maximum absolute atomic E-state index is 14.3. The third-order valence-electron chi connectivity index (χ3n) is 8.37. The molecule has 4 rings (SSSR count). The summed E-state index contributed by atoms with van der Waals surface area (Å²) < 4.78 is 53.9. The number of rotatable bonds is 8. The number of urea groups is 1. The Labute approximate surface area is 292 Å². The lowest BCUT2D eigenvalue weighted by molar-refractivity contribution is -0.00833. The molecule has 0 saturated carbocycles. The fourth-order valence-corrected chi connectivity index (χ4v) is 6.74. The van der Waals surface area contributed by atoms with Crippen molar-refractivity contribution in [1.82, 2.24) is 9.21 Å². The zero-order chi connectivity index (χ0) is 35.7. The van der Waals surface area contributed by atoms with Gasteiger partial charge in [0.25, 0.3) is 5.91 Å². The van der Waals surface area contributed by atoms with Crippen molar-refractivity contribution in [2.75, 3.05) is 44.0 Å². The van der Waals surface area contributed by atoms with E-state index in [-0.39, 0.29) is 42.2 Å². The summed E-state index contributed by atoms with van der Waals surface area (Å²) in [5.41, 5.74) is 0.866. The number of carbonyl (C=O) groups is 2. The van der Waals surface area contributed by atoms with Crippen LogP contribution in [0.1, 0.15) is 50.4 Å². The number of fused-ring (bicyclic) bond motifs is 1. The number of amides is 3. The molecule has 49 heavy (non-hydrogen) atoms. The number of aliphatic hydroxyl groups excluding tert-OH is 1. The second kappa shape index (κ2) is 17.3. The molecule has 0 aromatic heterocycles. The molecule has 0 radical (unpaired) electrons. The summed E-state index contributed by atoms with van der Waals surface area (Å²) in [6.07, 6.45) is 1.29. The number of sulfonamides is 1. The number of halogens is 2. The van der Waals surface area contributed by atoms with Gasteiger partial charge in [0.1, 0.15) is 11.6 Å². The van der Waals surface area contributed by atoms with Gasteiger partial charge in [0.05, 0.1) is 35.3 Å².